The molecule has 180 valence electrons. The number of nitrogens with zero attached hydrogens (tertiary/aromatic N) is 2. The Balaban J connectivity index is 1.32. The van der Waals surface area contributed by atoms with E-state index in [1.165, 1.54) is 30.6 Å². The predicted octanol–water partition coefficient (Wildman–Crippen LogP) is 4.17. The molecule has 3 aliphatic rings. The molecule has 1 unspecified atom stereocenters. The van der Waals surface area contributed by atoms with Crippen LogP contribution in [0, 0.1) is 34.7 Å². The van der Waals surface area contributed by atoms with Gasteiger partial charge in [-0.1, -0.05) is 13.8 Å². The van der Waals surface area contributed by atoms with E-state index in [1.54, 1.807) is 0 Å². The van der Waals surface area contributed by atoms with Gasteiger partial charge in [0.05, 0.1) is 10.9 Å². The summed E-state index contributed by atoms with van der Waals surface area (Å²) in [6, 6.07) is 4.40. The summed E-state index contributed by atoms with van der Waals surface area (Å²) in [6.07, 6.45) is 4.93. The zero-order valence-electron chi connectivity index (χ0n) is 19.3. The van der Waals surface area contributed by atoms with Gasteiger partial charge in [-0.3, -0.25) is 4.90 Å². The number of piperidine rings is 1. The highest BCUT2D eigenvalue weighted by molar-refractivity contribution is 5.93. The highest BCUT2D eigenvalue weighted by Gasteiger charge is 2.54. The van der Waals surface area contributed by atoms with Crippen LogP contribution in [0.5, 0.6) is 0 Å². The fraction of sp³-hybridized carbons (Fsp3) is 0.500. The molecule has 0 radical (unpaired) electrons. The molecule has 0 amide bonds. The summed E-state index contributed by atoms with van der Waals surface area (Å²) in [5.74, 6) is -2.86. The predicted molar refractivity (Wildman–Crippen MR) is 124 cm³/mol. The quantitative estimate of drug-likeness (QED) is 0.538. The number of nitrogens with one attached hydrogen (secondary N) is 2. The molecule has 3 atom stereocenters. The monoisotopic (exact) mass is 470 g/mol. The molecular weight excluding hydrogens is 441 g/mol. The number of hydrogen-bond acceptors (Lipinski definition) is 4. The number of benzene rings is 1. The van der Waals surface area contributed by atoms with Gasteiger partial charge in [0.25, 0.3) is 0 Å². The van der Waals surface area contributed by atoms with Crippen LogP contribution in [0.1, 0.15) is 32.3 Å². The molecule has 0 bridgehead atoms. The van der Waals surface area contributed by atoms with Crippen molar-refractivity contribution in [3.8, 4) is 11.1 Å². The average Bonchev–Trinajstić information content (AvgIpc) is 3.11. The molecule has 3 N–H and O–H groups in total. The van der Waals surface area contributed by atoms with Gasteiger partial charge >= 0.3 is 0 Å². The fourth-order valence-electron chi connectivity index (χ4n) is 6.67. The van der Waals surface area contributed by atoms with Crippen molar-refractivity contribution in [2.24, 2.45) is 17.3 Å². The van der Waals surface area contributed by atoms with Crippen LogP contribution in [0.25, 0.3) is 22.2 Å². The van der Waals surface area contributed by atoms with E-state index >= 15 is 8.78 Å². The maximum atomic E-state index is 15.5. The van der Waals surface area contributed by atoms with Crippen LogP contribution in [0.2, 0.25) is 0 Å². The van der Waals surface area contributed by atoms with Crippen molar-refractivity contribution >= 4 is 11.0 Å². The van der Waals surface area contributed by atoms with E-state index in [0.717, 1.165) is 25.9 Å². The summed E-state index contributed by atoms with van der Waals surface area (Å²) in [6.45, 7) is 7.08. The van der Waals surface area contributed by atoms with Crippen LogP contribution in [0.4, 0.5) is 13.2 Å². The number of fused-ring (bicyclic) bond motifs is 1. The minimum atomic E-state index is -1.63. The number of aliphatic hydroxyl groups is 1. The van der Waals surface area contributed by atoms with E-state index in [0.29, 0.717) is 35.8 Å². The van der Waals surface area contributed by atoms with E-state index in [9.17, 15) is 9.50 Å². The molecule has 5 nitrogen and oxygen atoms in total. The molecule has 3 aromatic rings. The molecule has 1 aliphatic carbocycles. The van der Waals surface area contributed by atoms with Crippen LogP contribution in [0.3, 0.4) is 0 Å². The van der Waals surface area contributed by atoms with Crippen molar-refractivity contribution in [2.75, 3.05) is 26.2 Å². The fourth-order valence-corrected chi connectivity index (χ4v) is 6.67. The van der Waals surface area contributed by atoms with E-state index < -0.39 is 23.1 Å². The van der Waals surface area contributed by atoms with Gasteiger partial charge in [0.1, 0.15) is 22.9 Å². The summed E-state index contributed by atoms with van der Waals surface area (Å²) in [7, 11) is 0. The number of likely N-dealkylation sites (tertiary alicyclic amines) is 1. The molecule has 2 saturated heterocycles. The number of aromatic amines is 1. The Hall–Kier alpha value is -2.42. The Morgan fingerprint density at radius 1 is 1.03 bits per heavy atom. The maximum Gasteiger partial charge on any atom is 0.150 e. The normalized spacial score (nSPS) is 29.4. The van der Waals surface area contributed by atoms with Crippen molar-refractivity contribution in [3.05, 3.63) is 53.6 Å². The molecule has 1 saturated carbocycles. The molecule has 6 rings (SSSR count). The summed E-state index contributed by atoms with van der Waals surface area (Å²) in [5, 5.41) is 15.3. The number of aromatic nitrogens is 2. The second-order valence-corrected chi connectivity index (χ2v) is 10.8. The zero-order chi connectivity index (χ0) is 23.8. The van der Waals surface area contributed by atoms with Crippen LogP contribution in [-0.4, -0.2) is 52.2 Å². The Bertz CT molecular complexity index is 1230. The Kier molecular flexibility index (Phi) is 4.89. The zero-order valence-corrected chi connectivity index (χ0v) is 19.3. The molecule has 3 fully saturated rings. The Morgan fingerprint density at radius 2 is 1.68 bits per heavy atom. The lowest BCUT2D eigenvalue weighted by Crippen LogP contribution is -2.67. The maximum absolute atomic E-state index is 15.5. The van der Waals surface area contributed by atoms with Gasteiger partial charge in [0.2, 0.25) is 0 Å². The lowest BCUT2D eigenvalue weighted by Gasteiger charge is -2.60. The van der Waals surface area contributed by atoms with Crippen molar-refractivity contribution in [2.45, 2.75) is 38.3 Å². The van der Waals surface area contributed by atoms with Gasteiger partial charge in [-0.05, 0) is 47.6 Å². The highest BCUT2D eigenvalue weighted by Crippen LogP contribution is 2.50. The first-order valence-electron chi connectivity index (χ1n) is 12.0. The third-order valence-corrected chi connectivity index (χ3v) is 8.65. The lowest BCUT2D eigenvalue weighted by atomic mass is 9.60. The molecule has 4 heterocycles. The molecule has 8 heteroatoms. The first-order chi connectivity index (χ1) is 16.2. The third kappa shape index (κ3) is 3.08. The van der Waals surface area contributed by atoms with Gasteiger partial charge in [-0.2, -0.15) is 0 Å². The van der Waals surface area contributed by atoms with Crippen LogP contribution >= 0.6 is 0 Å². The summed E-state index contributed by atoms with van der Waals surface area (Å²) < 4.78 is 45.4. The van der Waals surface area contributed by atoms with Gasteiger partial charge < -0.3 is 15.4 Å². The number of H-pyrrole nitrogens is 1. The Labute approximate surface area is 196 Å². The summed E-state index contributed by atoms with van der Waals surface area (Å²) >= 11 is 0. The molecule has 2 aliphatic heterocycles. The van der Waals surface area contributed by atoms with Gasteiger partial charge in [0.15, 0.2) is 5.82 Å². The highest BCUT2D eigenvalue weighted by atomic mass is 19.1. The van der Waals surface area contributed by atoms with Gasteiger partial charge in [-0.15, -0.1) is 0 Å². The largest absolute Gasteiger partial charge is 0.384 e. The van der Waals surface area contributed by atoms with Crippen LogP contribution < -0.4 is 5.32 Å². The van der Waals surface area contributed by atoms with Crippen LogP contribution in [-0.2, 0) is 5.60 Å². The first-order valence-corrected chi connectivity index (χ1v) is 12.0. The molecule has 1 spiro atoms. The van der Waals surface area contributed by atoms with Crippen molar-refractivity contribution in [1.29, 1.82) is 0 Å². The molecule has 34 heavy (non-hydrogen) atoms. The van der Waals surface area contributed by atoms with Gasteiger partial charge in [0, 0.05) is 56.5 Å². The standard InChI is InChI=1S/C26H29F3N4O/c1-14-10-33(17-7-25(8-17)12-30-13-25)11-15(2)26(14,34)23-19(27)5-16(6-20(23)28)18-3-4-31-24-22(18)21(29)9-32-24/h3-6,9,14-15,17,30,34H,7-8,10-13H2,1-2H3,(H,31,32)/t14-,15+,26?. The van der Waals surface area contributed by atoms with Crippen molar-refractivity contribution in [1.82, 2.24) is 20.2 Å². The number of pyridine rings is 1. The second kappa shape index (κ2) is 7.54. The number of rotatable bonds is 3. The minimum absolute atomic E-state index is 0.183. The second-order valence-electron chi connectivity index (χ2n) is 10.8. The summed E-state index contributed by atoms with van der Waals surface area (Å²) in [5.41, 5.74) is -0.612. The SMILES string of the molecule is C[C@@H]1CN(C2CC3(CNC3)C2)C[C@H](C)C1(O)c1c(F)cc(-c2ccnc3[nH]cc(F)c23)cc1F. The molecular formula is C26H29F3N4O. The molecule has 2 aromatic heterocycles. The number of halogens is 3. The van der Waals surface area contributed by atoms with E-state index in [2.05, 4.69) is 20.2 Å². The first kappa shape index (κ1) is 22.1. The smallest absolute Gasteiger partial charge is 0.150 e. The lowest BCUT2D eigenvalue weighted by molar-refractivity contribution is -0.145. The average molecular weight is 471 g/mol. The third-order valence-electron chi connectivity index (χ3n) is 8.65. The van der Waals surface area contributed by atoms with Crippen molar-refractivity contribution < 1.29 is 18.3 Å². The van der Waals surface area contributed by atoms with E-state index in [1.807, 2.05) is 13.8 Å². The van der Waals surface area contributed by atoms with E-state index in [-0.39, 0.29) is 28.3 Å². The van der Waals surface area contributed by atoms with Crippen LogP contribution in [0.15, 0.2) is 30.6 Å². The Morgan fingerprint density at radius 3 is 2.26 bits per heavy atom. The summed E-state index contributed by atoms with van der Waals surface area (Å²) in [4.78, 5) is 9.18. The molecule has 1 aromatic carbocycles. The van der Waals surface area contributed by atoms with Gasteiger partial charge in [-0.25, -0.2) is 18.2 Å². The minimum Gasteiger partial charge on any atom is -0.384 e. The number of hydrogen-bond donors (Lipinski definition) is 3. The van der Waals surface area contributed by atoms with Crippen molar-refractivity contribution in [3.63, 3.8) is 0 Å². The van der Waals surface area contributed by atoms with E-state index in [4.69, 9.17) is 0 Å². The topological polar surface area (TPSA) is 64.2 Å².